The summed E-state index contributed by atoms with van der Waals surface area (Å²) < 4.78 is 58.5. The summed E-state index contributed by atoms with van der Waals surface area (Å²) in [5.74, 6) is -0.00183. The molecule has 2 aliphatic carbocycles. The van der Waals surface area contributed by atoms with Gasteiger partial charge in [-0.05, 0) is 42.7 Å². The maximum Gasteiger partial charge on any atom is 0.387 e. The lowest BCUT2D eigenvalue weighted by Crippen LogP contribution is -2.32. The molecule has 0 unspecified atom stereocenters. The molecule has 0 radical (unpaired) electrons. The topological polar surface area (TPSA) is 43.2 Å². The van der Waals surface area contributed by atoms with Gasteiger partial charge in [-0.15, -0.1) is 0 Å². The first-order valence-electron chi connectivity index (χ1n) is 8.77. The Morgan fingerprint density at radius 3 is 2.37 bits per heavy atom. The van der Waals surface area contributed by atoms with Crippen molar-refractivity contribution in [1.82, 2.24) is 0 Å². The van der Waals surface area contributed by atoms with E-state index in [1.54, 1.807) is 0 Å². The first-order valence-corrected chi connectivity index (χ1v) is 8.77. The van der Waals surface area contributed by atoms with E-state index in [1.165, 1.54) is 24.8 Å². The second-order valence-electron chi connectivity index (χ2n) is 7.74. The number of hydrogen-bond donors (Lipinski definition) is 0. The van der Waals surface area contributed by atoms with Crippen LogP contribution in [0.3, 0.4) is 0 Å². The lowest BCUT2D eigenvalue weighted by Gasteiger charge is -2.34. The second-order valence-corrected chi connectivity index (χ2v) is 7.74. The number of hydrogen-bond acceptors (Lipinski definition) is 4. The Labute approximate surface area is 155 Å². The van der Waals surface area contributed by atoms with Crippen molar-refractivity contribution < 1.29 is 27.0 Å². The van der Waals surface area contributed by atoms with Crippen LogP contribution in [0.1, 0.15) is 45.6 Å². The number of halogens is 4. The van der Waals surface area contributed by atoms with Gasteiger partial charge in [-0.25, -0.2) is 0 Å². The van der Waals surface area contributed by atoms with Crippen LogP contribution in [0.2, 0.25) is 0 Å². The van der Waals surface area contributed by atoms with Crippen LogP contribution < -0.4 is 9.47 Å². The van der Waals surface area contributed by atoms with Crippen molar-refractivity contribution in [2.45, 2.75) is 53.3 Å². The molecule has 148 valence electrons. The van der Waals surface area contributed by atoms with Crippen molar-refractivity contribution in [3.8, 4) is 11.5 Å². The highest BCUT2D eigenvalue weighted by Crippen LogP contribution is 2.64. The maximum atomic E-state index is 12.6. The predicted octanol–water partition coefficient (Wildman–Crippen LogP) is 5.51. The summed E-state index contributed by atoms with van der Waals surface area (Å²) in [4.78, 5) is 0. The van der Waals surface area contributed by atoms with Crippen LogP contribution in [0.15, 0.2) is 28.4 Å². The summed E-state index contributed by atoms with van der Waals surface area (Å²) in [6.07, 6.45) is 4.39. The molecular weight excluding hydrogens is 364 g/mol. The first-order chi connectivity index (χ1) is 12.6. The summed E-state index contributed by atoms with van der Waals surface area (Å²) in [5, 5.41) is 8.41. The fourth-order valence-corrected chi connectivity index (χ4v) is 4.24. The van der Waals surface area contributed by atoms with Crippen LogP contribution >= 0.6 is 0 Å². The van der Waals surface area contributed by atoms with Gasteiger partial charge in [0.05, 0.1) is 6.21 Å². The van der Waals surface area contributed by atoms with Crippen molar-refractivity contribution in [3.63, 3.8) is 0 Å². The lowest BCUT2D eigenvalue weighted by atomic mass is 9.70. The Morgan fingerprint density at radius 1 is 1.11 bits per heavy atom. The summed E-state index contributed by atoms with van der Waals surface area (Å²) >= 11 is 0. The van der Waals surface area contributed by atoms with Crippen LogP contribution in [-0.2, 0) is 0 Å². The van der Waals surface area contributed by atoms with Gasteiger partial charge in [0.25, 0.3) is 0 Å². The number of benzene rings is 1. The van der Waals surface area contributed by atoms with E-state index < -0.39 is 13.2 Å². The van der Waals surface area contributed by atoms with Crippen LogP contribution in [-0.4, -0.2) is 25.1 Å². The minimum absolute atomic E-state index is 0.0216. The molecule has 1 aromatic rings. The van der Waals surface area contributed by atoms with Crippen LogP contribution in [0.25, 0.3) is 0 Å². The number of fused-ring (bicyclic) bond motifs is 2. The fourth-order valence-electron chi connectivity index (χ4n) is 4.24. The van der Waals surface area contributed by atoms with Crippen molar-refractivity contribution in [3.05, 3.63) is 23.8 Å². The van der Waals surface area contributed by atoms with E-state index in [0.29, 0.717) is 5.92 Å². The number of alkyl halides is 4. The highest BCUT2D eigenvalue weighted by molar-refractivity contribution is 5.95. The summed E-state index contributed by atoms with van der Waals surface area (Å²) in [6, 6.07) is 3.54. The molecule has 2 bridgehead atoms. The monoisotopic (exact) mass is 386 g/mol. The molecule has 2 saturated carbocycles. The molecule has 1 aromatic carbocycles. The van der Waals surface area contributed by atoms with Gasteiger partial charge < -0.3 is 9.47 Å². The molecule has 2 aliphatic rings. The molecule has 0 spiro atoms. The average molecular weight is 386 g/mol. The molecule has 0 aromatic heterocycles. The maximum absolute atomic E-state index is 12.6. The van der Waals surface area contributed by atoms with E-state index in [0.717, 1.165) is 24.6 Å². The smallest absolute Gasteiger partial charge is 0.387 e. The SMILES string of the molecule is CC1(C)[C@H]2CC[C@]1(C)/C(=N/N=C\c1ccc(OC(F)F)cc1OC(F)F)C2. The molecule has 3 rings (SSSR count). The van der Waals surface area contributed by atoms with Gasteiger partial charge in [0.15, 0.2) is 0 Å². The Hall–Kier alpha value is -2.12. The van der Waals surface area contributed by atoms with Gasteiger partial charge in [0, 0.05) is 22.8 Å². The Bertz CT molecular complexity index is 764. The third-order valence-electron chi connectivity index (χ3n) is 6.31. The third kappa shape index (κ3) is 3.66. The van der Waals surface area contributed by atoms with Gasteiger partial charge in [-0.3, -0.25) is 0 Å². The molecule has 27 heavy (non-hydrogen) atoms. The van der Waals surface area contributed by atoms with Crippen molar-refractivity contribution in [2.24, 2.45) is 27.0 Å². The normalized spacial score (nSPS) is 28.0. The third-order valence-corrected chi connectivity index (χ3v) is 6.31. The Morgan fingerprint density at radius 2 is 1.81 bits per heavy atom. The summed E-state index contributed by atoms with van der Waals surface area (Å²) in [6.45, 7) is 0.518. The molecular formula is C19H22F4N2O2. The highest BCUT2D eigenvalue weighted by atomic mass is 19.3. The van der Waals surface area contributed by atoms with E-state index in [2.05, 4.69) is 40.4 Å². The van der Waals surface area contributed by atoms with Crippen molar-refractivity contribution in [2.75, 3.05) is 0 Å². The van der Waals surface area contributed by atoms with Gasteiger partial charge in [0.1, 0.15) is 11.5 Å². The molecule has 0 heterocycles. The van der Waals surface area contributed by atoms with Gasteiger partial charge >= 0.3 is 13.2 Å². The lowest BCUT2D eigenvalue weighted by molar-refractivity contribution is -0.0543. The quantitative estimate of drug-likeness (QED) is 0.368. The number of rotatable bonds is 6. The van der Waals surface area contributed by atoms with Crippen LogP contribution in [0.4, 0.5) is 17.6 Å². The summed E-state index contributed by atoms with van der Waals surface area (Å²) in [5.41, 5.74) is 1.34. The van der Waals surface area contributed by atoms with Crippen molar-refractivity contribution in [1.29, 1.82) is 0 Å². The predicted molar refractivity (Wildman–Crippen MR) is 94.0 cm³/mol. The van der Waals surface area contributed by atoms with Gasteiger partial charge in [0.2, 0.25) is 0 Å². The fraction of sp³-hybridized carbons (Fsp3) is 0.579. The molecule has 8 heteroatoms. The highest BCUT2D eigenvalue weighted by Gasteiger charge is 2.59. The van der Waals surface area contributed by atoms with E-state index in [9.17, 15) is 17.6 Å². The zero-order valence-corrected chi connectivity index (χ0v) is 15.4. The molecule has 0 aliphatic heterocycles. The zero-order chi connectivity index (χ0) is 19.8. The Balaban J connectivity index is 1.82. The van der Waals surface area contributed by atoms with Gasteiger partial charge in [-0.2, -0.15) is 27.8 Å². The minimum atomic E-state index is -3.10. The minimum Gasteiger partial charge on any atom is -0.435 e. The Kier molecular flexibility index (Phi) is 5.18. The van der Waals surface area contributed by atoms with Crippen LogP contribution in [0.5, 0.6) is 11.5 Å². The number of ether oxygens (including phenoxy) is 2. The molecule has 0 N–H and O–H groups in total. The van der Waals surface area contributed by atoms with E-state index >= 15 is 0 Å². The standard InChI is InChI=1S/C19H22F4N2O2/c1-18(2)12-6-7-19(18,3)15(8-12)25-24-10-11-4-5-13(26-16(20)21)9-14(11)27-17(22)23/h4-5,9-10,12,16-17H,6-8H2,1-3H3/b24-10-,25-15+/t12-,19+/m0/s1. The summed E-state index contributed by atoms with van der Waals surface area (Å²) in [7, 11) is 0. The molecule has 0 amide bonds. The molecule has 2 fully saturated rings. The average Bonchev–Trinajstić information content (AvgIpc) is 2.89. The molecule has 0 saturated heterocycles. The zero-order valence-electron chi connectivity index (χ0n) is 15.4. The largest absolute Gasteiger partial charge is 0.435 e. The van der Waals surface area contributed by atoms with E-state index in [4.69, 9.17) is 0 Å². The van der Waals surface area contributed by atoms with E-state index in [1.807, 2.05) is 0 Å². The van der Waals surface area contributed by atoms with Crippen LogP contribution in [0, 0.1) is 16.7 Å². The first kappa shape index (κ1) is 19.6. The number of nitrogens with zero attached hydrogens (tertiary/aromatic N) is 2. The van der Waals surface area contributed by atoms with Gasteiger partial charge in [-0.1, -0.05) is 20.8 Å². The molecule has 2 atom stereocenters. The van der Waals surface area contributed by atoms with Crippen molar-refractivity contribution >= 4 is 11.9 Å². The molecule has 4 nitrogen and oxygen atoms in total. The van der Waals surface area contributed by atoms with E-state index in [-0.39, 0.29) is 27.9 Å². The second kappa shape index (κ2) is 7.13.